The molecule has 0 aliphatic carbocycles. The first-order chi connectivity index (χ1) is 14.6. The van der Waals surface area contributed by atoms with Crippen LogP contribution in [0.5, 0.6) is 0 Å². The van der Waals surface area contributed by atoms with Gasteiger partial charge in [0.25, 0.3) is 5.91 Å². The first-order valence-corrected chi connectivity index (χ1v) is 10.6. The van der Waals surface area contributed by atoms with Gasteiger partial charge in [-0.15, -0.1) is 0 Å². The Balaban J connectivity index is 1.54. The largest absolute Gasteiger partial charge is 0.372 e. The molecule has 0 saturated carbocycles. The molecule has 0 radical (unpaired) electrons. The number of hydrogen-bond acceptors (Lipinski definition) is 3. The van der Waals surface area contributed by atoms with E-state index in [1.165, 1.54) is 19.3 Å². The molecule has 0 spiro atoms. The van der Waals surface area contributed by atoms with E-state index >= 15 is 0 Å². The molecule has 0 aromatic heterocycles. The third kappa shape index (κ3) is 4.55. The molecule has 0 unspecified atom stereocenters. The van der Waals surface area contributed by atoms with Crippen LogP contribution in [-0.2, 0) is 0 Å². The predicted molar refractivity (Wildman–Crippen MR) is 122 cm³/mol. The normalized spacial score (nSPS) is 13.7. The highest BCUT2D eigenvalue weighted by molar-refractivity contribution is 6.31. The van der Waals surface area contributed by atoms with E-state index in [0.717, 1.165) is 18.8 Å². The number of hydrogen-bond donors (Lipinski definition) is 1. The number of rotatable bonds is 5. The van der Waals surface area contributed by atoms with Crippen molar-refractivity contribution in [2.75, 3.05) is 23.3 Å². The second kappa shape index (κ2) is 9.14. The lowest BCUT2D eigenvalue weighted by Gasteiger charge is -2.28. The molecule has 4 nitrogen and oxygen atoms in total. The van der Waals surface area contributed by atoms with Gasteiger partial charge in [-0.05, 0) is 61.7 Å². The molecule has 30 heavy (non-hydrogen) atoms. The number of halogens is 1. The van der Waals surface area contributed by atoms with Crippen LogP contribution in [0, 0.1) is 0 Å². The molecule has 1 fully saturated rings. The Labute approximate surface area is 181 Å². The second-order valence-corrected chi connectivity index (χ2v) is 7.87. The molecule has 4 rings (SSSR count). The summed E-state index contributed by atoms with van der Waals surface area (Å²) in [5, 5.41) is 3.31. The van der Waals surface area contributed by atoms with Gasteiger partial charge >= 0.3 is 0 Å². The number of nitrogens with one attached hydrogen (secondary N) is 1. The van der Waals surface area contributed by atoms with Crippen LogP contribution in [0.15, 0.2) is 72.8 Å². The average Bonchev–Trinajstić information content (AvgIpc) is 2.81. The molecule has 1 saturated heterocycles. The summed E-state index contributed by atoms with van der Waals surface area (Å²) in [6.45, 7) is 2.11. The van der Waals surface area contributed by atoms with Gasteiger partial charge in [0, 0.05) is 40.5 Å². The summed E-state index contributed by atoms with van der Waals surface area (Å²) in [7, 11) is 0. The molecular weight excluding hydrogens is 396 g/mol. The summed E-state index contributed by atoms with van der Waals surface area (Å²) in [5.41, 5.74) is 3.04. The molecule has 1 N–H and O–H groups in total. The van der Waals surface area contributed by atoms with Gasteiger partial charge in [0.15, 0.2) is 5.78 Å². The minimum atomic E-state index is -0.260. The van der Waals surface area contributed by atoms with Crippen molar-refractivity contribution in [1.29, 1.82) is 0 Å². The molecular formula is C25H23ClN2O2. The van der Waals surface area contributed by atoms with Gasteiger partial charge in [-0.3, -0.25) is 9.59 Å². The van der Waals surface area contributed by atoms with E-state index in [-0.39, 0.29) is 11.7 Å². The van der Waals surface area contributed by atoms with Gasteiger partial charge in [0.1, 0.15) is 0 Å². The Morgan fingerprint density at radius 3 is 2.20 bits per heavy atom. The molecule has 5 heteroatoms. The fourth-order valence-corrected chi connectivity index (χ4v) is 3.90. The number of nitrogens with zero attached hydrogens (tertiary/aromatic N) is 1. The van der Waals surface area contributed by atoms with Crippen molar-refractivity contribution in [2.45, 2.75) is 19.3 Å². The quantitative estimate of drug-likeness (QED) is 0.531. The molecule has 152 valence electrons. The van der Waals surface area contributed by atoms with Crippen molar-refractivity contribution in [2.24, 2.45) is 0 Å². The summed E-state index contributed by atoms with van der Waals surface area (Å²) < 4.78 is 0. The number of ketones is 1. The molecule has 0 bridgehead atoms. The van der Waals surface area contributed by atoms with Crippen LogP contribution in [0.3, 0.4) is 0 Å². The van der Waals surface area contributed by atoms with Crippen molar-refractivity contribution in [3.63, 3.8) is 0 Å². The maximum Gasteiger partial charge on any atom is 0.255 e. The monoisotopic (exact) mass is 418 g/mol. The Morgan fingerprint density at radius 2 is 1.50 bits per heavy atom. The van der Waals surface area contributed by atoms with E-state index < -0.39 is 0 Å². The summed E-state index contributed by atoms with van der Waals surface area (Å²) in [6.07, 6.45) is 3.69. The Kier molecular flexibility index (Phi) is 6.15. The minimum absolute atomic E-state index is 0.186. The first kappa shape index (κ1) is 20.2. The van der Waals surface area contributed by atoms with Crippen LogP contribution in [0.25, 0.3) is 0 Å². The van der Waals surface area contributed by atoms with E-state index in [1.807, 2.05) is 30.3 Å². The highest BCUT2D eigenvalue weighted by Crippen LogP contribution is 2.25. The highest BCUT2D eigenvalue weighted by Gasteiger charge is 2.17. The van der Waals surface area contributed by atoms with Gasteiger partial charge in [0.05, 0.1) is 5.69 Å². The number of carbonyl (C=O) groups excluding carboxylic acids is 2. The second-order valence-electron chi connectivity index (χ2n) is 7.43. The van der Waals surface area contributed by atoms with Crippen LogP contribution in [0.1, 0.15) is 45.5 Å². The average molecular weight is 419 g/mol. The van der Waals surface area contributed by atoms with Gasteiger partial charge < -0.3 is 10.2 Å². The Morgan fingerprint density at radius 1 is 0.800 bits per heavy atom. The van der Waals surface area contributed by atoms with Gasteiger partial charge in [-0.1, -0.05) is 41.9 Å². The molecule has 3 aromatic carbocycles. The summed E-state index contributed by atoms with van der Waals surface area (Å²) in [6, 6.07) is 21.5. The van der Waals surface area contributed by atoms with Crippen LogP contribution < -0.4 is 10.2 Å². The number of amides is 1. The maximum absolute atomic E-state index is 12.9. The van der Waals surface area contributed by atoms with E-state index in [2.05, 4.69) is 10.2 Å². The summed E-state index contributed by atoms with van der Waals surface area (Å²) in [5.74, 6) is -0.446. The lowest BCUT2D eigenvalue weighted by atomic mass is 10.0. The fraction of sp³-hybridized carbons (Fsp3) is 0.200. The lowest BCUT2D eigenvalue weighted by molar-refractivity contribution is 0.102. The minimum Gasteiger partial charge on any atom is -0.372 e. The van der Waals surface area contributed by atoms with Crippen molar-refractivity contribution in [1.82, 2.24) is 0 Å². The third-order valence-corrected chi connectivity index (χ3v) is 5.60. The number of piperidine rings is 1. The topological polar surface area (TPSA) is 49.4 Å². The van der Waals surface area contributed by atoms with Crippen LogP contribution in [-0.4, -0.2) is 24.8 Å². The van der Waals surface area contributed by atoms with Crippen molar-refractivity contribution >= 4 is 34.7 Å². The predicted octanol–water partition coefficient (Wildman–Crippen LogP) is 5.81. The SMILES string of the molecule is O=C(Nc1ccc(Cl)cc1C(=O)c1ccccc1)c1ccc(N2CCCCC2)cc1. The Hall–Kier alpha value is -3.11. The van der Waals surface area contributed by atoms with Gasteiger partial charge in [-0.25, -0.2) is 0 Å². The van der Waals surface area contributed by atoms with Crippen molar-refractivity contribution in [3.8, 4) is 0 Å². The zero-order valence-corrected chi connectivity index (χ0v) is 17.4. The smallest absolute Gasteiger partial charge is 0.255 e. The summed E-state index contributed by atoms with van der Waals surface area (Å²) in [4.78, 5) is 28.1. The molecule has 1 aliphatic heterocycles. The molecule has 0 atom stereocenters. The van der Waals surface area contributed by atoms with Gasteiger partial charge in [0.2, 0.25) is 0 Å². The van der Waals surface area contributed by atoms with Crippen molar-refractivity contribution < 1.29 is 9.59 Å². The van der Waals surface area contributed by atoms with E-state index in [4.69, 9.17) is 11.6 Å². The van der Waals surface area contributed by atoms with Crippen LogP contribution >= 0.6 is 11.6 Å². The Bertz CT molecular complexity index is 1040. The maximum atomic E-state index is 12.9. The standard InChI is InChI=1S/C25H23ClN2O2/c26-20-11-14-23(22(17-20)24(29)18-7-3-1-4-8-18)27-25(30)19-9-12-21(13-10-19)28-15-5-2-6-16-28/h1,3-4,7-14,17H,2,5-6,15-16H2,(H,27,30). The summed E-state index contributed by atoms with van der Waals surface area (Å²) >= 11 is 6.12. The lowest BCUT2D eigenvalue weighted by Crippen LogP contribution is -2.29. The zero-order chi connectivity index (χ0) is 20.9. The van der Waals surface area contributed by atoms with E-state index in [9.17, 15) is 9.59 Å². The highest BCUT2D eigenvalue weighted by atomic mass is 35.5. The van der Waals surface area contributed by atoms with Crippen LogP contribution in [0.4, 0.5) is 11.4 Å². The molecule has 1 aliphatic rings. The first-order valence-electron chi connectivity index (χ1n) is 10.2. The number of carbonyl (C=O) groups is 2. The van der Waals surface area contributed by atoms with E-state index in [1.54, 1.807) is 42.5 Å². The molecule has 1 amide bonds. The van der Waals surface area contributed by atoms with Crippen molar-refractivity contribution in [3.05, 3.63) is 94.5 Å². The van der Waals surface area contributed by atoms with Gasteiger partial charge in [-0.2, -0.15) is 0 Å². The fourth-order valence-electron chi connectivity index (χ4n) is 3.73. The number of benzene rings is 3. The van der Waals surface area contributed by atoms with Crippen LogP contribution in [0.2, 0.25) is 5.02 Å². The number of anilines is 2. The molecule has 1 heterocycles. The van der Waals surface area contributed by atoms with E-state index in [0.29, 0.717) is 27.4 Å². The molecule has 3 aromatic rings. The zero-order valence-electron chi connectivity index (χ0n) is 16.6. The third-order valence-electron chi connectivity index (χ3n) is 5.36.